The van der Waals surface area contributed by atoms with Crippen LogP contribution in [0.15, 0.2) is 18.2 Å². The van der Waals surface area contributed by atoms with Gasteiger partial charge in [0.05, 0.1) is 0 Å². The van der Waals surface area contributed by atoms with Crippen LogP contribution in [-0.2, 0) is 6.42 Å². The first-order valence-corrected chi connectivity index (χ1v) is 6.22. The van der Waals surface area contributed by atoms with E-state index in [-0.39, 0.29) is 6.04 Å². The maximum absolute atomic E-state index is 6.05. The molecule has 1 aliphatic heterocycles. The topological polar surface area (TPSA) is 29.3 Å². The van der Waals surface area contributed by atoms with E-state index in [1.165, 1.54) is 23.2 Å². The molecular weight excluding hydrogens is 196 g/mol. The van der Waals surface area contributed by atoms with Gasteiger partial charge in [-0.3, -0.25) is 0 Å². The van der Waals surface area contributed by atoms with Gasteiger partial charge in [0.2, 0.25) is 0 Å². The van der Waals surface area contributed by atoms with Crippen LogP contribution in [0.4, 0.5) is 5.69 Å². The Balaban J connectivity index is 2.35. The highest BCUT2D eigenvalue weighted by atomic mass is 15.2. The Bertz CT molecular complexity index is 369. The first-order valence-electron chi connectivity index (χ1n) is 6.22. The normalized spacial score (nSPS) is 16.7. The lowest BCUT2D eigenvalue weighted by molar-refractivity contribution is 0.619. The standard InChI is InChI=1S/C14H22N2/c1-10(2)9-16-8-7-12-5-4-6-13(11(3)15)14(12)16/h4-6,10-11H,7-9,15H2,1-3H3. The Hall–Kier alpha value is -1.02. The van der Waals surface area contributed by atoms with Gasteiger partial charge in [0.15, 0.2) is 0 Å². The van der Waals surface area contributed by atoms with Gasteiger partial charge in [-0.15, -0.1) is 0 Å². The molecule has 0 saturated heterocycles. The number of nitrogens with two attached hydrogens (primary N) is 1. The van der Waals surface area contributed by atoms with Gasteiger partial charge in [-0.1, -0.05) is 32.0 Å². The lowest BCUT2D eigenvalue weighted by Gasteiger charge is -2.25. The summed E-state index contributed by atoms with van der Waals surface area (Å²) in [4.78, 5) is 2.50. The van der Waals surface area contributed by atoms with Crippen molar-refractivity contribution in [2.24, 2.45) is 11.7 Å². The third kappa shape index (κ3) is 2.07. The lowest BCUT2D eigenvalue weighted by atomic mass is 10.0. The minimum Gasteiger partial charge on any atom is -0.370 e. The third-order valence-electron chi connectivity index (χ3n) is 3.19. The van der Waals surface area contributed by atoms with Crippen LogP contribution in [0.2, 0.25) is 0 Å². The molecule has 88 valence electrons. The zero-order chi connectivity index (χ0) is 11.7. The van der Waals surface area contributed by atoms with Crippen LogP contribution in [0.3, 0.4) is 0 Å². The largest absolute Gasteiger partial charge is 0.370 e. The molecule has 2 nitrogen and oxygen atoms in total. The molecule has 1 aromatic carbocycles. The molecule has 2 heteroatoms. The van der Waals surface area contributed by atoms with E-state index < -0.39 is 0 Å². The molecule has 0 spiro atoms. The van der Waals surface area contributed by atoms with Gasteiger partial charge in [0, 0.05) is 24.8 Å². The summed E-state index contributed by atoms with van der Waals surface area (Å²) in [5.74, 6) is 0.701. The van der Waals surface area contributed by atoms with E-state index in [0.29, 0.717) is 5.92 Å². The average Bonchev–Trinajstić information content (AvgIpc) is 2.60. The predicted molar refractivity (Wildman–Crippen MR) is 69.8 cm³/mol. The zero-order valence-corrected chi connectivity index (χ0v) is 10.5. The van der Waals surface area contributed by atoms with Gasteiger partial charge in [-0.25, -0.2) is 0 Å². The first kappa shape index (κ1) is 11.5. The Labute approximate surface area is 98.4 Å². The molecule has 0 radical (unpaired) electrons. The van der Waals surface area contributed by atoms with Crippen LogP contribution in [0, 0.1) is 5.92 Å². The molecule has 0 aromatic heterocycles. The number of rotatable bonds is 3. The summed E-state index contributed by atoms with van der Waals surface area (Å²) < 4.78 is 0. The van der Waals surface area contributed by atoms with Crippen LogP contribution in [0.5, 0.6) is 0 Å². The van der Waals surface area contributed by atoms with Crippen LogP contribution >= 0.6 is 0 Å². The summed E-state index contributed by atoms with van der Waals surface area (Å²) in [6, 6.07) is 6.67. The number of benzene rings is 1. The van der Waals surface area contributed by atoms with Crippen molar-refractivity contribution in [1.82, 2.24) is 0 Å². The minimum absolute atomic E-state index is 0.128. The van der Waals surface area contributed by atoms with E-state index in [0.717, 1.165) is 13.1 Å². The fraction of sp³-hybridized carbons (Fsp3) is 0.571. The number of fused-ring (bicyclic) bond motifs is 1. The second kappa shape index (κ2) is 4.46. The molecular formula is C14H22N2. The Morgan fingerprint density at radius 3 is 2.69 bits per heavy atom. The molecule has 2 N–H and O–H groups in total. The van der Waals surface area contributed by atoms with Crippen LogP contribution in [-0.4, -0.2) is 13.1 Å². The lowest BCUT2D eigenvalue weighted by Crippen LogP contribution is -2.26. The van der Waals surface area contributed by atoms with E-state index >= 15 is 0 Å². The summed E-state index contributed by atoms with van der Waals surface area (Å²) in [6.45, 7) is 8.90. The second-order valence-corrected chi connectivity index (χ2v) is 5.23. The smallest absolute Gasteiger partial charge is 0.0447 e. The highest BCUT2D eigenvalue weighted by Crippen LogP contribution is 2.34. The molecule has 1 heterocycles. The predicted octanol–water partition coefficient (Wildman–Crippen LogP) is 2.72. The maximum atomic E-state index is 6.05. The molecule has 0 bridgehead atoms. The highest BCUT2D eigenvalue weighted by Gasteiger charge is 2.23. The monoisotopic (exact) mass is 218 g/mol. The number of nitrogens with zero attached hydrogens (tertiary/aromatic N) is 1. The van der Waals surface area contributed by atoms with Gasteiger partial charge in [-0.2, -0.15) is 0 Å². The minimum atomic E-state index is 0.128. The van der Waals surface area contributed by atoms with E-state index in [4.69, 9.17) is 5.73 Å². The maximum Gasteiger partial charge on any atom is 0.0447 e. The molecule has 1 aliphatic rings. The van der Waals surface area contributed by atoms with Gasteiger partial charge in [0.1, 0.15) is 0 Å². The number of hydrogen-bond acceptors (Lipinski definition) is 2. The summed E-state index contributed by atoms with van der Waals surface area (Å²) in [5.41, 5.74) is 10.2. The van der Waals surface area contributed by atoms with Gasteiger partial charge >= 0.3 is 0 Å². The Morgan fingerprint density at radius 2 is 2.06 bits per heavy atom. The van der Waals surface area contributed by atoms with Crippen molar-refractivity contribution >= 4 is 5.69 Å². The SMILES string of the molecule is CC(C)CN1CCc2cccc(C(C)N)c21. The summed E-state index contributed by atoms with van der Waals surface area (Å²) in [5, 5.41) is 0. The molecule has 2 rings (SSSR count). The fourth-order valence-corrected chi connectivity index (χ4v) is 2.56. The third-order valence-corrected chi connectivity index (χ3v) is 3.19. The average molecular weight is 218 g/mol. The van der Waals surface area contributed by atoms with Gasteiger partial charge in [0.25, 0.3) is 0 Å². The summed E-state index contributed by atoms with van der Waals surface area (Å²) >= 11 is 0. The van der Waals surface area contributed by atoms with E-state index in [2.05, 4.69) is 43.9 Å². The molecule has 1 unspecified atom stereocenters. The number of para-hydroxylation sites is 1. The van der Waals surface area contributed by atoms with Crippen molar-refractivity contribution < 1.29 is 0 Å². The first-order chi connectivity index (χ1) is 7.59. The van der Waals surface area contributed by atoms with Crippen molar-refractivity contribution in [3.8, 4) is 0 Å². The molecule has 1 atom stereocenters. The van der Waals surface area contributed by atoms with Crippen LogP contribution in [0.25, 0.3) is 0 Å². The quantitative estimate of drug-likeness (QED) is 0.845. The zero-order valence-electron chi connectivity index (χ0n) is 10.5. The van der Waals surface area contributed by atoms with E-state index in [1.807, 2.05) is 0 Å². The molecule has 0 amide bonds. The van der Waals surface area contributed by atoms with Gasteiger partial charge in [-0.05, 0) is 30.4 Å². The highest BCUT2D eigenvalue weighted by molar-refractivity contribution is 5.64. The van der Waals surface area contributed by atoms with Crippen LogP contribution in [0.1, 0.15) is 37.9 Å². The van der Waals surface area contributed by atoms with Crippen molar-refractivity contribution in [2.75, 3.05) is 18.0 Å². The van der Waals surface area contributed by atoms with E-state index in [9.17, 15) is 0 Å². The summed E-state index contributed by atoms with van der Waals surface area (Å²) in [6.07, 6.45) is 1.17. The molecule has 1 aromatic rings. The molecule has 16 heavy (non-hydrogen) atoms. The van der Waals surface area contributed by atoms with Crippen molar-refractivity contribution in [3.05, 3.63) is 29.3 Å². The second-order valence-electron chi connectivity index (χ2n) is 5.23. The molecule has 0 aliphatic carbocycles. The molecule has 0 fully saturated rings. The number of hydrogen-bond donors (Lipinski definition) is 1. The van der Waals surface area contributed by atoms with Crippen LogP contribution < -0.4 is 10.6 Å². The van der Waals surface area contributed by atoms with Crippen molar-refractivity contribution in [2.45, 2.75) is 33.2 Å². The molecule has 0 saturated carbocycles. The van der Waals surface area contributed by atoms with Gasteiger partial charge < -0.3 is 10.6 Å². The Kier molecular flexibility index (Phi) is 3.20. The Morgan fingerprint density at radius 1 is 1.31 bits per heavy atom. The summed E-state index contributed by atoms with van der Waals surface area (Å²) in [7, 11) is 0. The van der Waals surface area contributed by atoms with E-state index in [1.54, 1.807) is 0 Å². The van der Waals surface area contributed by atoms with Crippen molar-refractivity contribution in [3.63, 3.8) is 0 Å². The fourth-order valence-electron chi connectivity index (χ4n) is 2.56. The number of anilines is 1. The van der Waals surface area contributed by atoms with Crippen molar-refractivity contribution in [1.29, 1.82) is 0 Å².